The van der Waals surface area contributed by atoms with Gasteiger partial charge in [-0.2, -0.15) is 0 Å². The lowest BCUT2D eigenvalue weighted by Crippen LogP contribution is -2.14. The molecule has 0 aromatic heterocycles. The summed E-state index contributed by atoms with van der Waals surface area (Å²) in [6, 6.07) is 5.30. The van der Waals surface area contributed by atoms with Crippen LogP contribution in [0.2, 0.25) is 0 Å². The second-order valence-electron chi connectivity index (χ2n) is 8.08. The van der Waals surface area contributed by atoms with E-state index in [-0.39, 0.29) is 29.7 Å². The van der Waals surface area contributed by atoms with E-state index in [1.165, 1.54) is 43.7 Å². The zero-order valence-electron chi connectivity index (χ0n) is 15.2. The largest absolute Gasteiger partial charge is 0.300 e. The van der Waals surface area contributed by atoms with Gasteiger partial charge in [0, 0.05) is 5.92 Å². The average Bonchev–Trinajstić information content (AvgIpc) is 3.25. The van der Waals surface area contributed by atoms with Crippen molar-refractivity contribution in [3.05, 3.63) is 35.1 Å². The number of rotatable bonds is 7. The number of Topliss-reactive ketones (excluding diaryl/α,β-unsaturated/α-hetero) is 2. The monoisotopic (exact) mass is 344 g/mol. The Morgan fingerprint density at radius 2 is 1.88 bits per heavy atom. The number of ketones is 2. The summed E-state index contributed by atoms with van der Waals surface area (Å²) in [4.78, 5) is 23.2. The van der Waals surface area contributed by atoms with Crippen LogP contribution >= 0.6 is 0 Å². The van der Waals surface area contributed by atoms with Crippen molar-refractivity contribution in [2.75, 3.05) is 0 Å². The number of benzene rings is 1. The molecule has 0 amide bonds. The summed E-state index contributed by atoms with van der Waals surface area (Å²) in [7, 11) is 0. The summed E-state index contributed by atoms with van der Waals surface area (Å²) in [5, 5.41) is 0. The van der Waals surface area contributed by atoms with E-state index in [0.29, 0.717) is 11.8 Å². The number of halogens is 1. The van der Waals surface area contributed by atoms with Gasteiger partial charge < -0.3 is 0 Å². The lowest BCUT2D eigenvalue weighted by Gasteiger charge is -2.17. The quantitative estimate of drug-likeness (QED) is 0.622. The Morgan fingerprint density at radius 1 is 1.12 bits per heavy atom. The molecule has 0 radical (unpaired) electrons. The zero-order chi connectivity index (χ0) is 17.8. The van der Waals surface area contributed by atoms with E-state index in [4.69, 9.17) is 0 Å². The van der Waals surface area contributed by atoms with E-state index in [1.54, 1.807) is 12.1 Å². The first kappa shape index (κ1) is 18.3. The van der Waals surface area contributed by atoms with Gasteiger partial charge in [0.1, 0.15) is 17.4 Å². The molecule has 2 aliphatic carbocycles. The Hall–Kier alpha value is -1.51. The maximum Gasteiger partial charge on any atom is 0.143 e. The van der Waals surface area contributed by atoms with Crippen molar-refractivity contribution in [1.82, 2.24) is 0 Å². The maximum atomic E-state index is 13.7. The van der Waals surface area contributed by atoms with Crippen LogP contribution in [0.5, 0.6) is 0 Å². The molecule has 0 bridgehead atoms. The number of aryl methyl sites for hydroxylation is 1. The van der Waals surface area contributed by atoms with Crippen LogP contribution in [0.1, 0.15) is 81.8 Å². The van der Waals surface area contributed by atoms with Gasteiger partial charge in [-0.3, -0.25) is 9.59 Å². The number of carbonyl (C=O) groups is 2. The van der Waals surface area contributed by atoms with Crippen LogP contribution in [0, 0.1) is 17.7 Å². The predicted molar refractivity (Wildman–Crippen MR) is 97.1 cm³/mol. The Morgan fingerprint density at radius 3 is 2.60 bits per heavy atom. The minimum absolute atomic E-state index is 0.0269. The fourth-order valence-corrected chi connectivity index (χ4v) is 4.79. The molecule has 0 aliphatic heterocycles. The molecule has 0 N–H and O–H groups in total. The molecule has 136 valence electrons. The smallest absolute Gasteiger partial charge is 0.143 e. The van der Waals surface area contributed by atoms with Crippen molar-refractivity contribution >= 4 is 11.6 Å². The van der Waals surface area contributed by atoms with E-state index < -0.39 is 0 Å². The second-order valence-corrected chi connectivity index (χ2v) is 8.08. The number of hydrogen-bond acceptors (Lipinski definition) is 2. The van der Waals surface area contributed by atoms with Crippen molar-refractivity contribution in [2.24, 2.45) is 11.8 Å². The third-order valence-corrected chi connectivity index (χ3v) is 6.14. The molecule has 2 saturated carbocycles. The van der Waals surface area contributed by atoms with Crippen molar-refractivity contribution in [3.8, 4) is 0 Å². The first-order valence-corrected chi connectivity index (χ1v) is 9.83. The zero-order valence-corrected chi connectivity index (χ0v) is 15.2. The molecule has 0 heterocycles. The third-order valence-electron chi connectivity index (χ3n) is 6.14. The first-order chi connectivity index (χ1) is 12.0. The molecule has 2 unspecified atom stereocenters. The average molecular weight is 344 g/mol. The highest BCUT2D eigenvalue weighted by atomic mass is 19.1. The van der Waals surface area contributed by atoms with E-state index >= 15 is 0 Å². The van der Waals surface area contributed by atoms with Gasteiger partial charge in [-0.1, -0.05) is 18.9 Å². The predicted octanol–water partition coefficient (Wildman–Crippen LogP) is 5.38. The molecule has 2 atom stereocenters. The summed E-state index contributed by atoms with van der Waals surface area (Å²) in [6.07, 6.45) is 9.94. The molecule has 2 nitrogen and oxygen atoms in total. The SMILES string of the molecule is CC(=O)CC(=O)C1CCC(CCc2ccc(F)cc2C2CCCC2)C1. The van der Waals surface area contributed by atoms with E-state index in [1.807, 2.05) is 6.07 Å². The van der Waals surface area contributed by atoms with E-state index in [2.05, 4.69) is 0 Å². The Bertz CT molecular complexity index is 631. The molecule has 25 heavy (non-hydrogen) atoms. The molecule has 1 aromatic rings. The lowest BCUT2D eigenvalue weighted by molar-refractivity contribution is -0.128. The Labute approximate surface area is 150 Å². The molecule has 0 spiro atoms. The summed E-state index contributed by atoms with van der Waals surface area (Å²) in [5.74, 6) is 1.14. The van der Waals surface area contributed by atoms with Crippen LogP contribution in [0.25, 0.3) is 0 Å². The molecule has 3 heteroatoms. The van der Waals surface area contributed by atoms with Gasteiger partial charge in [0.2, 0.25) is 0 Å². The topological polar surface area (TPSA) is 34.1 Å². The van der Waals surface area contributed by atoms with E-state index in [9.17, 15) is 14.0 Å². The second kappa shape index (κ2) is 8.25. The van der Waals surface area contributed by atoms with E-state index in [0.717, 1.165) is 32.1 Å². The lowest BCUT2D eigenvalue weighted by atomic mass is 9.88. The van der Waals surface area contributed by atoms with Crippen molar-refractivity contribution in [3.63, 3.8) is 0 Å². The summed E-state index contributed by atoms with van der Waals surface area (Å²) >= 11 is 0. The van der Waals surface area contributed by atoms with Crippen LogP contribution < -0.4 is 0 Å². The Kier molecular flexibility index (Phi) is 6.03. The van der Waals surface area contributed by atoms with Crippen LogP contribution in [-0.2, 0) is 16.0 Å². The van der Waals surface area contributed by atoms with Crippen molar-refractivity contribution in [1.29, 1.82) is 0 Å². The number of carbonyl (C=O) groups excluding carboxylic acids is 2. The van der Waals surface area contributed by atoms with Crippen LogP contribution in [0.3, 0.4) is 0 Å². The fraction of sp³-hybridized carbons (Fsp3) is 0.636. The van der Waals surface area contributed by atoms with Gasteiger partial charge in [0.15, 0.2) is 0 Å². The summed E-state index contributed by atoms with van der Waals surface area (Å²) in [5.41, 5.74) is 2.52. The third kappa shape index (κ3) is 4.77. The van der Waals surface area contributed by atoms with Gasteiger partial charge in [0.05, 0.1) is 6.42 Å². The molecule has 2 aliphatic rings. The molecular formula is C22H29FO2. The highest BCUT2D eigenvalue weighted by Gasteiger charge is 2.30. The fourth-order valence-electron chi connectivity index (χ4n) is 4.79. The van der Waals surface area contributed by atoms with Crippen molar-refractivity contribution < 1.29 is 14.0 Å². The van der Waals surface area contributed by atoms with Gasteiger partial charge >= 0.3 is 0 Å². The van der Waals surface area contributed by atoms with Crippen LogP contribution in [0.4, 0.5) is 4.39 Å². The molecule has 3 rings (SSSR count). The standard InChI is InChI=1S/C22H29FO2/c1-15(24)12-22(25)19-9-7-16(13-19)6-8-18-10-11-20(23)14-21(18)17-4-2-3-5-17/h10-11,14,16-17,19H,2-9,12-13H2,1H3. The summed E-state index contributed by atoms with van der Waals surface area (Å²) in [6.45, 7) is 1.49. The summed E-state index contributed by atoms with van der Waals surface area (Å²) < 4.78 is 13.7. The molecule has 2 fully saturated rings. The first-order valence-electron chi connectivity index (χ1n) is 9.83. The van der Waals surface area contributed by atoms with Gasteiger partial charge in [0.25, 0.3) is 0 Å². The van der Waals surface area contributed by atoms with Gasteiger partial charge in [-0.15, -0.1) is 0 Å². The number of hydrogen-bond donors (Lipinski definition) is 0. The van der Waals surface area contributed by atoms with Crippen LogP contribution in [-0.4, -0.2) is 11.6 Å². The van der Waals surface area contributed by atoms with Gasteiger partial charge in [-0.25, -0.2) is 4.39 Å². The van der Waals surface area contributed by atoms with Gasteiger partial charge in [-0.05, 0) is 87.0 Å². The van der Waals surface area contributed by atoms with Crippen LogP contribution in [0.15, 0.2) is 18.2 Å². The normalized spacial score (nSPS) is 23.9. The highest BCUT2D eigenvalue weighted by Crippen LogP contribution is 2.38. The molecule has 1 aromatic carbocycles. The minimum Gasteiger partial charge on any atom is -0.300 e. The highest BCUT2D eigenvalue weighted by molar-refractivity contribution is 5.99. The maximum absolute atomic E-state index is 13.7. The minimum atomic E-state index is -0.124. The molecule has 0 saturated heterocycles. The Balaban J connectivity index is 1.57. The molecular weight excluding hydrogens is 315 g/mol. The van der Waals surface area contributed by atoms with Crippen molar-refractivity contribution in [2.45, 2.75) is 77.0 Å².